The standard InChI is InChI=1S/C11H14N2O2.ClH/c1-3-10-8(6-15-11(10)14)4-9-5-12-7-13(9)2;/h5-7,10H,3-4H2,1-2H3;1H/t10-;/m0./s1. The number of nitrogens with zero attached hydrogens (tertiary/aromatic N) is 2. The molecule has 0 aromatic carbocycles. The SMILES string of the molecule is CC[C@@H]1C(=O)OC=C1Cc1cncn1C.Cl. The summed E-state index contributed by atoms with van der Waals surface area (Å²) in [5, 5.41) is 0. The molecule has 0 bridgehead atoms. The molecule has 1 atom stereocenters. The minimum Gasteiger partial charge on any atom is -0.434 e. The second-order valence-corrected chi connectivity index (χ2v) is 3.76. The number of hydrogen-bond acceptors (Lipinski definition) is 3. The predicted octanol–water partition coefficient (Wildman–Crippen LogP) is 1.85. The molecule has 1 aromatic heterocycles. The van der Waals surface area contributed by atoms with Crippen LogP contribution in [-0.2, 0) is 23.0 Å². The fourth-order valence-electron chi connectivity index (χ4n) is 1.81. The lowest BCUT2D eigenvalue weighted by molar-refractivity contribution is -0.139. The van der Waals surface area contributed by atoms with E-state index < -0.39 is 0 Å². The summed E-state index contributed by atoms with van der Waals surface area (Å²) in [4.78, 5) is 15.4. The van der Waals surface area contributed by atoms with Crippen molar-refractivity contribution in [3.8, 4) is 0 Å². The van der Waals surface area contributed by atoms with Gasteiger partial charge in [-0.1, -0.05) is 6.92 Å². The molecule has 0 spiro atoms. The zero-order valence-electron chi connectivity index (χ0n) is 9.34. The summed E-state index contributed by atoms with van der Waals surface area (Å²) in [6.07, 6.45) is 6.69. The van der Waals surface area contributed by atoms with E-state index in [0.717, 1.165) is 24.1 Å². The molecular weight excluding hydrogens is 228 g/mol. The Kier molecular flexibility index (Phi) is 4.12. The van der Waals surface area contributed by atoms with Crippen molar-refractivity contribution in [2.75, 3.05) is 0 Å². The number of imidazole rings is 1. The summed E-state index contributed by atoms with van der Waals surface area (Å²) in [7, 11) is 1.95. The minimum absolute atomic E-state index is 0. The van der Waals surface area contributed by atoms with Gasteiger partial charge in [0.1, 0.15) is 0 Å². The van der Waals surface area contributed by atoms with E-state index in [2.05, 4.69) is 4.98 Å². The number of rotatable bonds is 3. The summed E-state index contributed by atoms with van der Waals surface area (Å²) in [5.74, 6) is -0.199. The van der Waals surface area contributed by atoms with Gasteiger partial charge in [0.15, 0.2) is 0 Å². The van der Waals surface area contributed by atoms with Crippen molar-refractivity contribution in [1.29, 1.82) is 0 Å². The highest BCUT2D eigenvalue weighted by molar-refractivity contribution is 5.85. The number of ether oxygens (including phenoxy) is 1. The first-order valence-corrected chi connectivity index (χ1v) is 5.07. The van der Waals surface area contributed by atoms with Crippen molar-refractivity contribution < 1.29 is 9.53 Å². The van der Waals surface area contributed by atoms with Gasteiger partial charge in [0, 0.05) is 25.4 Å². The van der Waals surface area contributed by atoms with Gasteiger partial charge in [-0.25, -0.2) is 4.98 Å². The van der Waals surface area contributed by atoms with Crippen LogP contribution in [0.3, 0.4) is 0 Å². The van der Waals surface area contributed by atoms with Gasteiger partial charge in [0.25, 0.3) is 0 Å². The van der Waals surface area contributed by atoms with Crippen LogP contribution in [0.1, 0.15) is 19.0 Å². The van der Waals surface area contributed by atoms with Gasteiger partial charge in [-0.2, -0.15) is 0 Å². The number of cyclic esters (lactones) is 1. The molecule has 1 aromatic rings. The normalized spacial score (nSPS) is 19.0. The van der Waals surface area contributed by atoms with Crippen LogP contribution in [0.2, 0.25) is 0 Å². The summed E-state index contributed by atoms with van der Waals surface area (Å²) in [5.41, 5.74) is 2.14. The van der Waals surface area contributed by atoms with Crippen molar-refractivity contribution in [2.24, 2.45) is 13.0 Å². The first-order valence-electron chi connectivity index (χ1n) is 5.07. The number of aromatic nitrogens is 2. The van der Waals surface area contributed by atoms with Crippen LogP contribution in [0.4, 0.5) is 0 Å². The predicted molar refractivity (Wildman–Crippen MR) is 62.1 cm³/mol. The van der Waals surface area contributed by atoms with Crippen LogP contribution in [-0.4, -0.2) is 15.5 Å². The Labute approximate surface area is 101 Å². The van der Waals surface area contributed by atoms with E-state index in [9.17, 15) is 4.79 Å². The molecule has 0 unspecified atom stereocenters. The smallest absolute Gasteiger partial charge is 0.318 e. The lowest BCUT2D eigenvalue weighted by atomic mass is 9.95. The quantitative estimate of drug-likeness (QED) is 0.760. The van der Waals surface area contributed by atoms with Crippen LogP contribution in [0, 0.1) is 5.92 Å². The Balaban J connectivity index is 0.00000128. The van der Waals surface area contributed by atoms with Gasteiger partial charge in [-0.05, 0) is 12.0 Å². The Bertz CT molecular complexity index is 412. The Hall–Kier alpha value is -1.29. The van der Waals surface area contributed by atoms with E-state index in [1.807, 2.05) is 24.7 Å². The first-order chi connectivity index (χ1) is 7.22. The monoisotopic (exact) mass is 242 g/mol. The van der Waals surface area contributed by atoms with Gasteiger partial charge in [-0.3, -0.25) is 4.79 Å². The van der Waals surface area contributed by atoms with Gasteiger partial charge in [-0.15, -0.1) is 12.4 Å². The first kappa shape index (κ1) is 12.8. The molecular formula is C11H15ClN2O2. The topological polar surface area (TPSA) is 44.1 Å². The number of carbonyl (C=O) groups excluding carboxylic acids is 1. The summed E-state index contributed by atoms with van der Waals surface area (Å²) < 4.78 is 6.88. The zero-order chi connectivity index (χ0) is 10.8. The molecule has 16 heavy (non-hydrogen) atoms. The van der Waals surface area contributed by atoms with E-state index >= 15 is 0 Å². The number of hydrogen-bond donors (Lipinski definition) is 0. The third-order valence-electron chi connectivity index (χ3n) is 2.77. The maximum absolute atomic E-state index is 11.3. The number of carbonyl (C=O) groups is 1. The summed E-state index contributed by atoms with van der Waals surface area (Å²) in [6, 6.07) is 0. The molecule has 88 valence electrons. The highest BCUT2D eigenvalue weighted by atomic mass is 35.5. The molecule has 1 aliphatic rings. The molecule has 1 aliphatic heterocycles. The number of aryl methyl sites for hydroxylation is 1. The number of esters is 1. The van der Waals surface area contributed by atoms with E-state index in [4.69, 9.17) is 4.74 Å². The van der Waals surface area contributed by atoms with Gasteiger partial charge in [0.2, 0.25) is 0 Å². The highest BCUT2D eigenvalue weighted by Gasteiger charge is 2.28. The molecule has 0 N–H and O–H groups in total. The summed E-state index contributed by atoms with van der Waals surface area (Å²) in [6.45, 7) is 1.99. The Morgan fingerprint density at radius 3 is 2.88 bits per heavy atom. The largest absolute Gasteiger partial charge is 0.434 e. The third kappa shape index (κ3) is 2.27. The molecule has 0 amide bonds. The second kappa shape index (κ2) is 5.16. The molecule has 2 heterocycles. The van der Waals surface area contributed by atoms with Crippen LogP contribution < -0.4 is 0 Å². The molecule has 0 saturated heterocycles. The molecule has 0 fully saturated rings. The number of halogens is 1. The van der Waals surface area contributed by atoms with Crippen molar-refractivity contribution in [1.82, 2.24) is 9.55 Å². The fourth-order valence-corrected chi connectivity index (χ4v) is 1.81. The van der Waals surface area contributed by atoms with Gasteiger partial charge >= 0.3 is 5.97 Å². The van der Waals surface area contributed by atoms with Crippen LogP contribution in [0.5, 0.6) is 0 Å². The van der Waals surface area contributed by atoms with Crippen LogP contribution in [0.25, 0.3) is 0 Å². The molecule has 0 radical (unpaired) electrons. The average molecular weight is 243 g/mol. The maximum atomic E-state index is 11.3. The Morgan fingerprint density at radius 1 is 1.56 bits per heavy atom. The second-order valence-electron chi connectivity index (χ2n) is 3.76. The zero-order valence-corrected chi connectivity index (χ0v) is 10.2. The van der Waals surface area contributed by atoms with Crippen molar-refractivity contribution in [3.05, 3.63) is 30.1 Å². The average Bonchev–Trinajstić information content (AvgIpc) is 2.76. The molecule has 0 aliphatic carbocycles. The molecule has 4 nitrogen and oxygen atoms in total. The lowest BCUT2D eigenvalue weighted by Gasteiger charge is -2.08. The fraction of sp³-hybridized carbons (Fsp3) is 0.455. The third-order valence-corrected chi connectivity index (χ3v) is 2.77. The van der Waals surface area contributed by atoms with Gasteiger partial charge in [0.05, 0.1) is 18.5 Å². The van der Waals surface area contributed by atoms with E-state index in [1.54, 1.807) is 12.6 Å². The van der Waals surface area contributed by atoms with Gasteiger partial charge < -0.3 is 9.30 Å². The van der Waals surface area contributed by atoms with Crippen molar-refractivity contribution in [2.45, 2.75) is 19.8 Å². The molecule has 5 heteroatoms. The van der Waals surface area contributed by atoms with E-state index in [1.165, 1.54) is 0 Å². The van der Waals surface area contributed by atoms with E-state index in [-0.39, 0.29) is 24.3 Å². The van der Waals surface area contributed by atoms with E-state index in [0.29, 0.717) is 0 Å². The molecule has 0 saturated carbocycles. The van der Waals surface area contributed by atoms with Crippen molar-refractivity contribution >= 4 is 18.4 Å². The van der Waals surface area contributed by atoms with Crippen LogP contribution >= 0.6 is 12.4 Å². The summed E-state index contributed by atoms with van der Waals surface area (Å²) >= 11 is 0. The molecule has 2 rings (SSSR count). The lowest BCUT2D eigenvalue weighted by Crippen LogP contribution is -2.12. The highest BCUT2D eigenvalue weighted by Crippen LogP contribution is 2.26. The van der Waals surface area contributed by atoms with Crippen LogP contribution in [0.15, 0.2) is 24.4 Å². The Morgan fingerprint density at radius 2 is 2.31 bits per heavy atom. The minimum atomic E-state index is -0.130. The van der Waals surface area contributed by atoms with Crippen molar-refractivity contribution in [3.63, 3.8) is 0 Å². The maximum Gasteiger partial charge on any atom is 0.318 e.